The normalized spacial score (nSPS) is 19.1. The standard InChI is InChI=1S/C12H23N5O2/c1-10(2)9-17-7-3-12(4-8-17,11(18)19)14-5-6-15-16-13/h10,14H,3-9H2,1-2H3,(H,18,19). The van der Waals surface area contributed by atoms with Gasteiger partial charge in [-0.15, -0.1) is 0 Å². The molecule has 0 unspecified atom stereocenters. The largest absolute Gasteiger partial charge is 0.480 e. The number of carbonyl (C=O) groups is 1. The Balaban J connectivity index is 2.51. The Morgan fingerprint density at radius 3 is 2.63 bits per heavy atom. The second kappa shape index (κ2) is 7.33. The van der Waals surface area contributed by atoms with Crippen LogP contribution in [0.4, 0.5) is 0 Å². The third-order valence-corrected chi connectivity index (χ3v) is 3.48. The van der Waals surface area contributed by atoms with E-state index in [4.69, 9.17) is 5.53 Å². The fraction of sp³-hybridized carbons (Fsp3) is 0.917. The SMILES string of the molecule is CC(C)CN1CCC(NCCN=[N+]=[N-])(C(=O)O)CC1. The highest BCUT2D eigenvalue weighted by atomic mass is 16.4. The van der Waals surface area contributed by atoms with Crippen LogP contribution in [0.2, 0.25) is 0 Å². The topological polar surface area (TPSA) is 101 Å². The lowest BCUT2D eigenvalue weighted by Crippen LogP contribution is -2.59. The van der Waals surface area contributed by atoms with E-state index < -0.39 is 11.5 Å². The molecule has 1 saturated heterocycles. The van der Waals surface area contributed by atoms with Crippen molar-refractivity contribution < 1.29 is 9.90 Å². The highest BCUT2D eigenvalue weighted by Crippen LogP contribution is 2.23. The van der Waals surface area contributed by atoms with Gasteiger partial charge in [0.05, 0.1) is 0 Å². The number of carboxylic acid groups (broad SMARTS) is 1. The van der Waals surface area contributed by atoms with Crippen LogP contribution in [0.1, 0.15) is 26.7 Å². The molecule has 1 fully saturated rings. The molecule has 0 atom stereocenters. The van der Waals surface area contributed by atoms with Crippen molar-refractivity contribution >= 4 is 5.97 Å². The summed E-state index contributed by atoms with van der Waals surface area (Å²) in [4.78, 5) is 16.5. The smallest absolute Gasteiger partial charge is 0.323 e. The van der Waals surface area contributed by atoms with Crippen LogP contribution < -0.4 is 5.32 Å². The van der Waals surface area contributed by atoms with Crippen molar-refractivity contribution in [2.45, 2.75) is 32.2 Å². The summed E-state index contributed by atoms with van der Waals surface area (Å²) in [6.45, 7) is 7.60. The first-order valence-electron chi connectivity index (χ1n) is 6.72. The molecule has 1 aliphatic rings. The third kappa shape index (κ3) is 4.70. The number of hydrogen-bond acceptors (Lipinski definition) is 4. The van der Waals surface area contributed by atoms with Gasteiger partial charge in [0.1, 0.15) is 5.54 Å². The van der Waals surface area contributed by atoms with Gasteiger partial charge in [-0.3, -0.25) is 4.79 Å². The predicted octanol–water partition coefficient (Wildman–Crippen LogP) is 1.46. The van der Waals surface area contributed by atoms with E-state index in [1.54, 1.807) is 0 Å². The molecule has 0 aromatic carbocycles. The van der Waals surface area contributed by atoms with E-state index in [2.05, 4.69) is 34.1 Å². The quantitative estimate of drug-likeness (QED) is 0.316. The van der Waals surface area contributed by atoms with Gasteiger partial charge in [-0.2, -0.15) is 0 Å². The monoisotopic (exact) mass is 269 g/mol. The maximum Gasteiger partial charge on any atom is 0.323 e. The lowest BCUT2D eigenvalue weighted by atomic mass is 9.87. The summed E-state index contributed by atoms with van der Waals surface area (Å²) in [6, 6.07) is 0. The minimum Gasteiger partial charge on any atom is -0.480 e. The summed E-state index contributed by atoms with van der Waals surface area (Å²) in [5, 5.41) is 15.9. The van der Waals surface area contributed by atoms with Gasteiger partial charge in [0.2, 0.25) is 0 Å². The minimum absolute atomic E-state index is 0.279. The molecule has 1 rings (SSSR count). The molecule has 2 N–H and O–H groups in total. The second-order valence-electron chi connectivity index (χ2n) is 5.46. The number of hydrogen-bond donors (Lipinski definition) is 2. The van der Waals surface area contributed by atoms with Crippen LogP contribution in [0.3, 0.4) is 0 Å². The van der Waals surface area contributed by atoms with Gasteiger partial charge in [-0.25, -0.2) is 0 Å². The molecule has 19 heavy (non-hydrogen) atoms. The van der Waals surface area contributed by atoms with Crippen molar-refractivity contribution in [2.24, 2.45) is 11.0 Å². The fourth-order valence-electron chi connectivity index (χ4n) is 2.49. The second-order valence-corrected chi connectivity index (χ2v) is 5.46. The van der Waals surface area contributed by atoms with Crippen LogP contribution >= 0.6 is 0 Å². The lowest BCUT2D eigenvalue weighted by molar-refractivity contribution is -0.147. The molecule has 0 bridgehead atoms. The summed E-state index contributed by atoms with van der Waals surface area (Å²) in [5.41, 5.74) is 7.34. The van der Waals surface area contributed by atoms with Gasteiger partial charge in [-0.1, -0.05) is 19.0 Å². The van der Waals surface area contributed by atoms with Crippen LogP contribution in [0, 0.1) is 5.92 Å². The zero-order valence-corrected chi connectivity index (χ0v) is 11.7. The van der Waals surface area contributed by atoms with Crippen LogP contribution in [-0.4, -0.2) is 54.2 Å². The van der Waals surface area contributed by atoms with Crippen LogP contribution in [0.15, 0.2) is 5.11 Å². The van der Waals surface area contributed by atoms with Gasteiger partial charge in [0.15, 0.2) is 0 Å². The Bertz CT molecular complexity index is 344. The van der Waals surface area contributed by atoms with Gasteiger partial charge in [0, 0.05) is 37.6 Å². The van der Waals surface area contributed by atoms with E-state index in [1.165, 1.54) is 0 Å². The molecule has 0 aliphatic carbocycles. The molecular weight excluding hydrogens is 246 g/mol. The zero-order valence-electron chi connectivity index (χ0n) is 11.7. The maximum absolute atomic E-state index is 11.5. The number of piperidine rings is 1. The molecule has 0 aromatic heterocycles. The molecule has 7 nitrogen and oxygen atoms in total. The lowest BCUT2D eigenvalue weighted by Gasteiger charge is -2.40. The van der Waals surface area contributed by atoms with Crippen LogP contribution in [-0.2, 0) is 4.79 Å². The van der Waals surface area contributed by atoms with E-state index in [1.807, 2.05) is 0 Å². The van der Waals surface area contributed by atoms with E-state index in [0.717, 1.165) is 19.6 Å². The Morgan fingerprint density at radius 1 is 1.53 bits per heavy atom. The Hall–Kier alpha value is -1.30. The minimum atomic E-state index is -0.863. The maximum atomic E-state index is 11.5. The molecule has 1 heterocycles. The molecule has 7 heteroatoms. The number of azide groups is 1. The summed E-state index contributed by atoms with van der Waals surface area (Å²) < 4.78 is 0. The third-order valence-electron chi connectivity index (χ3n) is 3.48. The van der Waals surface area contributed by atoms with Gasteiger partial charge in [-0.05, 0) is 24.3 Å². The molecule has 1 aliphatic heterocycles. The molecular formula is C12H23N5O2. The number of aliphatic carboxylic acids is 1. The fourth-order valence-corrected chi connectivity index (χ4v) is 2.49. The molecule has 108 valence electrons. The highest BCUT2D eigenvalue weighted by molar-refractivity contribution is 5.79. The van der Waals surface area contributed by atoms with Crippen molar-refractivity contribution in [1.29, 1.82) is 0 Å². The van der Waals surface area contributed by atoms with Crippen molar-refractivity contribution in [2.75, 3.05) is 32.7 Å². The average Bonchev–Trinajstić information content (AvgIpc) is 2.36. The van der Waals surface area contributed by atoms with Crippen molar-refractivity contribution in [3.8, 4) is 0 Å². The van der Waals surface area contributed by atoms with Crippen LogP contribution in [0.25, 0.3) is 10.4 Å². The number of nitrogens with one attached hydrogen (secondary N) is 1. The molecule has 0 radical (unpaired) electrons. The number of carboxylic acids is 1. The Kier molecular flexibility index (Phi) is 6.08. The highest BCUT2D eigenvalue weighted by Gasteiger charge is 2.40. The Labute approximate surface area is 113 Å². The summed E-state index contributed by atoms with van der Waals surface area (Å²) in [6.07, 6.45) is 1.18. The molecule has 0 spiro atoms. The first-order chi connectivity index (χ1) is 9.00. The van der Waals surface area contributed by atoms with Crippen molar-refractivity contribution in [3.63, 3.8) is 0 Å². The van der Waals surface area contributed by atoms with Gasteiger partial charge < -0.3 is 15.3 Å². The number of nitrogens with zero attached hydrogens (tertiary/aromatic N) is 4. The summed E-state index contributed by atoms with van der Waals surface area (Å²) in [5.74, 6) is -0.215. The van der Waals surface area contributed by atoms with Crippen molar-refractivity contribution in [3.05, 3.63) is 10.4 Å². The van der Waals surface area contributed by atoms with Crippen LogP contribution in [0.5, 0.6) is 0 Å². The summed E-state index contributed by atoms with van der Waals surface area (Å²) in [7, 11) is 0. The molecule has 0 aromatic rings. The zero-order chi connectivity index (χ0) is 14.3. The van der Waals surface area contributed by atoms with Crippen molar-refractivity contribution in [1.82, 2.24) is 10.2 Å². The summed E-state index contributed by atoms with van der Waals surface area (Å²) >= 11 is 0. The number of likely N-dealkylation sites (tertiary alicyclic amines) is 1. The molecule has 0 saturated carbocycles. The number of rotatable bonds is 7. The van der Waals surface area contributed by atoms with E-state index in [9.17, 15) is 9.90 Å². The first-order valence-corrected chi connectivity index (χ1v) is 6.72. The first kappa shape index (κ1) is 15.8. The van der Waals surface area contributed by atoms with E-state index >= 15 is 0 Å². The van der Waals surface area contributed by atoms with Gasteiger partial charge in [0.25, 0.3) is 0 Å². The van der Waals surface area contributed by atoms with E-state index in [0.29, 0.717) is 25.3 Å². The predicted molar refractivity (Wildman–Crippen MR) is 72.9 cm³/mol. The Morgan fingerprint density at radius 2 is 2.16 bits per heavy atom. The van der Waals surface area contributed by atoms with Gasteiger partial charge >= 0.3 is 5.97 Å². The van der Waals surface area contributed by atoms with E-state index in [-0.39, 0.29) is 6.54 Å². The molecule has 0 amide bonds. The average molecular weight is 269 g/mol.